The molecule has 1 heterocycles. The molecule has 1 aromatic rings. The molecule has 0 bridgehead atoms. The SMILES string of the molecule is O=C1CN(NC(=O)COc2ccc(F)cc2Br)C(=O)N1. The molecule has 106 valence electrons. The van der Waals surface area contributed by atoms with Gasteiger partial charge in [-0.25, -0.2) is 14.2 Å². The summed E-state index contributed by atoms with van der Waals surface area (Å²) < 4.78 is 18.4. The van der Waals surface area contributed by atoms with Crippen molar-refractivity contribution in [1.29, 1.82) is 0 Å². The predicted octanol–water partition coefficient (Wildman–Crippen LogP) is 0.550. The Kier molecular flexibility index (Phi) is 4.18. The standard InChI is InChI=1S/C11H9BrFN3O4/c12-7-3-6(13)1-2-8(7)20-5-10(18)15-16-4-9(17)14-11(16)19/h1-3H,4-5H2,(H,15,18)(H,14,17,19). The lowest BCUT2D eigenvalue weighted by atomic mass is 10.3. The van der Waals surface area contributed by atoms with Gasteiger partial charge in [-0.05, 0) is 34.1 Å². The number of carbonyl (C=O) groups excluding carboxylic acids is 3. The van der Waals surface area contributed by atoms with E-state index in [1.165, 1.54) is 18.2 Å². The van der Waals surface area contributed by atoms with Crippen LogP contribution in [-0.4, -0.2) is 36.0 Å². The van der Waals surface area contributed by atoms with Crippen molar-refractivity contribution in [3.8, 4) is 5.75 Å². The van der Waals surface area contributed by atoms with E-state index in [-0.39, 0.29) is 18.9 Å². The Hall–Kier alpha value is -2.16. The summed E-state index contributed by atoms with van der Waals surface area (Å²) in [7, 11) is 0. The predicted molar refractivity (Wildman–Crippen MR) is 68.0 cm³/mol. The summed E-state index contributed by atoms with van der Waals surface area (Å²) in [5, 5.41) is 2.85. The second-order valence-corrected chi connectivity index (χ2v) is 4.69. The summed E-state index contributed by atoms with van der Waals surface area (Å²) in [4.78, 5) is 33.6. The Balaban J connectivity index is 1.86. The number of amides is 4. The quantitative estimate of drug-likeness (QED) is 0.780. The summed E-state index contributed by atoms with van der Waals surface area (Å²) >= 11 is 3.09. The minimum Gasteiger partial charge on any atom is -0.483 e. The summed E-state index contributed by atoms with van der Waals surface area (Å²) in [5.74, 6) is -1.28. The van der Waals surface area contributed by atoms with Crippen LogP contribution < -0.4 is 15.5 Å². The molecule has 0 spiro atoms. The molecule has 0 aromatic heterocycles. The number of hydrazine groups is 1. The molecule has 0 unspecified atom stereocenters. The highest BCUT2D eigenvalue weighted by Crippen LogP contribution is 2.25. The molecule has 1 fully saturated rings. The number of rotatable bonds is 4. The van der Waals surface area contributed by atoms with Crippen LogP contribution in [0.1, 0.15) is 0 Å². The first-order valence-corrected chi connectivity index (χ1v) is 6.23. The second-order valence-electron chi connectivity index (χ2n) is 3.84. The molecule has 0 atom stereocenters. The number of hydrogen-bond donors (Lipinski definition) is 2. The second kappa shape index (κ2) is 5.87. The Morgan fingerprint density at radius 2 is 2.25 bits per heavy atom. The van der Waals surface area contributed by atoms with Gasteiger partial charge in [-0.15, -0.1) is 0 Å². The van der Waals surface area contributed by atoms with Crippen LogP contribution in [0.4, 0.5) is 9.18 Å². The molecule has 1 saturated heterocycles. The molecule has 0 saturated carbocycles. The fraction of sp³-hybridized carbons (Fsp3) is 0.182. The molecule has 7 nitrogen and oxygen atoms in total. The Labute approximate surface area is 121 Å². The fourth-order valence-electron chi connectivity index (χ4n) is 1.45. The summed E-state index contributed by atoms with van der Waals surface area (Å²) in [6, 6.07) is 3.04. The average Bonchev–Trinajstić information content (AvgIpc) is 2.66. The number of ether oxygens (including phenoxy) is 1. The van der Waals surface area contributed by atoms with Crippen molar-refractivity contribution >= 4 is 33.8 Å². The minimum atomic E-state index is -0.702. The van der Waals surface area contributed by atoms with E-state index in [2.05, 4.69) is 21.4 Å². The van der Waals surface area contributed by atoms with Crippen LogP contribution >= 0.6 is 15.9 Å². The van der Waals surface area contributed by atoms with Gasteiger partial charge >= 0.3 is 6.03 Å². The average molecular weight is 346 g/mol. The van der Waals surface area contributed by atoms with E-state index in [1.807, 2.05) is 5.32 Å². The van der Waals surface area contributed by atoms with E-state index in [1.54, 1.807) is 0 Å². The van der Waals surface area contributed by atoms with Gasteiger partial charge in [-0.1, -0.05) is 0 Å². The molecular weight excluding hydrogens is 337 g/mol. The number of urea groups is 1. The topological polar surface area (TPSA) is 87.7 Å². The van der Waals surface area contributed by atoms with Gasteiger partial charge < -0.3 is 4.74 Å². The molecule has 2 N–H and O–H groups in total. The molecule has 1 aromatic carbocycles. The van der Waals surface area contributed by atoms with Crippen molar-refractivity contribution in [1.82, 2.24) is 15.8 Å². The molecule has 2 rings (SSSR count). The molecule has 0 radical (unpaired) electrons. The monoisotopic (exact) mass is 345 g/mol. The normalized spacial score (nSPS) is 14.2. The molecule has 1 aliphatic rings. The van der Waals surface area contributed by atoms with Gasteiger partial charge in [-0.3, -0.25) is 20.3 Å². The lowest BCUT2D eigenvalue weighted by Crippen LogP contribution is -2.46. The van der Waals surface area contributed by atoms with Crippen LogP contribution in [0.15, 0.2) is 22.7 Å². The first-order valence-electron chi connectivity index (χ1n) is 5.44. The molecular formula is C11H9BrFN3O4. The fourth-order valence-corrected chi connectivity index (χ4v) is 1.92. The Morgan fingerprint density at radius 1 is 1.50 bits per heavy atom. The number of nitrogens with one attached hydrogen (secondary N) is 2. The van der Waals surface area contributed by atoms with Gasteiger partial charge in [0.1, 0.15) is 18.1 Å². The lowest BCUT2D eigenvalue weighted by molar-refractivity contribution is -0.127. The van der Waals surface area contributed by atoms with Gasteiger partial charge in [0, 0.05) is 0 Å². The van der Waals surface area contributed by atoms with Gasteiger partial charge in [0.15, 0.2) is 6.61 Å². The number of nitrogens with zero attached hydrogens (tertiary/aromatic N) is 1. The van der Waals surface area contributed by atoms with Crippen LogP contribution in [-0.2, 0) is 9.59 Å². The van der Waals surface area contributed by atoms with E-state index in [0.29, 0.717) is 4.47 Å². The van der Waals surface area contributed by atoms with Crippen molar-refractivity contribution in [2.24, 2.45) is 0 Å². The lowest BCUT2D eigenvalue weighted by Gasteiger charge is -2.15. The first kappa shape index (κ1) is 14.3. The molecule has 20 heavy (non-hydrogen) atoms. The summed E-state index contributed by atoms with van der Waals surface area (Å²) in [6.07, 6.45) is 0. The smallest absolute Gasteiger partial charge is 0.343 e. The minimum absolute atomic E-state index is 0.245. The van der Waals surface area contributed by atoms with Crippen LogP contribution in [0.3, 0.4) is 0 Å². The summed E-state index contributed by atoms with van der Waals surface area (Å²) in [5.41, 5.74) is 2.21. The van der Waals surface area contributed by atoms with Gasteiger partial charge in [0.2, 0.25) is 5.91 Å². The molecule has 4 amide bonds. The van der Waals surface area contributed by atoms with Crippen LogP contribution in [0.2, 0.25) is 0 Å². The maximum absolute atomic E-state index is 12.8. The van der Waals surface area contributed by atoms with Crippen LogP contribution in [0.25, 0.3) is 0 Å². The van der Waals surface area contributed by atoms with Crippen molar-refractivity contribution in [3.63, 3.8) is 0 Å². The third-order valence-electron chi connectivity index (χ3n) is 2.31. The zero-order valence-corrected chi connectivity index (χ0v) is 11.6. The zero-order valence-electron chi connectivity index (χ0n) is 9.98. The van der Waals surface area contributed by atoms with E-state index >= 15 is 0 Å². The van der Waals surface area contributed by atoms with Crippen LogP contribution in [0, 0.1) is 5.82 Å². The van der Waals surface area contributed by atoms with Crippen molar-refractivity contribution in [3.05, 3.63) is 28.5 Å². The van der Waals surface area contributed by atoms with E-state index < -0.39 is 23.7 Å². The number of hydrogen-bond acceptors (Lipinski definition) is 4. The van der Waals surface area contributed by atoms with E-state index in [4.69, 9.17) is 4.74 Å². The van der Waals surface area contributed by atoms with Gasteiger partial charge in [0.25, 0.3) is 5.91 Å². The number of imide groups is 1. The van der Waals surface area contributed by atoms with Crippen molar-refractivity contribution < 1.29 is 23.5 Å². The number of carbonyl (C=O) groups is 3. The van der Waals surface area contributed by atoms with Gasteiger partial charge in [0.05, 0.1) is 4.47 Å². The van der Waals surface area contributed by atoms with Gasteiger partial charge in [-0.2, -0.15) is 0 Å². The third-order valence-corrected chi connectivity index (χ3v) is 2.93. The number of benzene rings is 1. The van der Waals surface area contributed by atoms with E-state index in [0.717, 1.165) is 5.01 Å². The van der Waals surface area contributed by atoms with Crippen molar-refractivity contribution in [2.45, 2.75) is 0 Å². The highest BCUT2D eigenvalue weighted by atomic mass is 79.9. The first-order chi connectivity index (χ1) is 9.45. The Bertz CT molecular complexity index is 581. The highest BCUT2D eigenvalue weighted by molar-refractivity contribution is 9.10. The Morgan fingerprint density at radius 3 is 2.85 bits per heavy atom. The highest BCUT2D eigenvalue weighted by Gasteiger charge is 2.28. The zero-order chi connectivity index (χ0) is 14.7. The molecule has 1 aliphatic heterocycles. The summed E-state index contributed by atoms with van der Waals surface area (Å²) in [6.45, 7) is -0.632. The number of halogens is 2. The molecule has 0 aliphatic carbocycles. The third kappa shape index (κ3) is 3.44. The largest absolute Gasteiger partial charge is 0.483 e. The van der Waals surface area contributed by atoms with E-state index in [9.17, 15) is 18.8 Å². The maximum Gasteiger partial charge on any atom is 0.343 e. The maximum atomic E-state index is 12.8. The van der Waals surface area contributed by atoms with Crippen LogP contribution in [0.5, 0.6) is 5.75 Å². The molecule has 9 heteroatoms. The van der Waals surface area contributed by atoms with Crippen molar-refractivity contribution in [2.75, 3.05) is 13.2 Å².